The molecule has 0 saturated carbocycles. The molecule has 42 heavy (non-hydrogen) atoms. The maximum atomic E-state index is 10.2. The van der Waals surface area contributed by atoms with E-state index in [1.807, 2.05) is 77.9 Å². The summed E-state index contributed by atoms with van der Waals surface area (Å²) in [6, 6.07) is 15.5. The van der Waals surface area contributed by atoms with Crippen LogP contribution in [0.1, 0.15) is 94.5 Å². The quantitative estimate of drug-likeness (QED) is 0.198. The number of aromatic hydroxyl groups is 4. The van der Waals surface area contributed by atoms with Crippen LogP contribution in [0.4, 0.5) is 0 Å². The van der Waals surface area contributed by atoms with Gasteiger partial charge >= 0.3 is 0 Å². The summed E-state index contributed by atoms with van der Waals surface area (Å²) in [5, 5.41) is 39.6. The molecule has 4 nitrogen and oxygen atoms in total. The number of hydrogen-bond acceptors (Lipinski definition) is 4. The first-order chi connectivity index (χ1) is 19.3. The molecule has 0 bridgehead atoms. The van der Waals surface area contributed by atoms with Gasteiger partial charge in [-0.15, -0.1) is 0 Å². The lowest BCUT2D eigenvalue weighted by atomic mass is 9.72. The van der Waals surface area contributed by atoms with Gasteiger partial charge in [0, 0.05) is 10.8 Å². The maximum Gasteiger partial charge on any atom is 0.121 e. The lowest BCUT2D eigenvalue weighted by Gasteiger charge is -2.32. The SMILES string of the molecule is Cc1c(C)c(C(C)(C)c2ccc(O)cc2)c(C)c(C)c1O.Cc1cc(C(C)(C)c2cc(C)c(O)c(C)c2)cc(C)c1O. The van der Waals surface area contributed by atoms with Crippen molar-refractivity contribution in [3.63, 3.8) is 0 Å². The van der Waals surface area contributed by atoms with Crippen molar-refractivity contribution in [2.75, 3.05) is 0 Å². The first-order valence-corrected chi connectivity index (χ1v) is 14.5. The number of rotatable bonds is 4. The van der Waals surface area contributed by atoms with Crippen molar-refractivity contribution in [3.8, 4) is 23.0 Å². The van der Waals surface area contributed by atoms with Crippen LogP contribution in [0.25, 0.3) is 0 Å². The number of phenols is 4. The van der Waals surface area contributed by atoms with E-state index >= 15 is 0 Å². The van der Waals surface area contributed by atoms with Gasteiger partial charge in [-0.2, -0.15) is 0 Å². The molecular weight excluding hydrogens is 520 g/mol. The molecule has 4 rings (SSSR count). The zero-order valence-corrected chi connectivity index (χ0v) is 27.4. The third kappa shape index (κ3) is 5.99. The lowest BCUT2D eigenvalue weighted by molar-refractivity contribution is 0.463. The summed E-state index contributed by atoms with van der Waals surface area (Å²) in [6.07, 6.45) is 0. The van der Waals surface area contributed by atoms with Gasteiger partial charge in [-0.25, -0.2) is 0 Å². The average Bonchev–Trinajstić information content (AvgIpc) is 2.92. The van der Waals surface area contributed by atoms with Gasteiger partial charge in [0.05, 0.1) is 0 Å². The van der Waals surface area contributed by atoms with Gasteiger partial charge in [0.1, 0.15) is 23.0 Å². The van der Waals surface area contributed by atoms with Crippen LogP contribution >= 0.6 is 0 Å². The standard InChI is InChI=1S/2C19H24O2/c1-11-7-15(8-12(2)17(11)20)19(5,6)16-9-13(3)18(21)14(4)10-16;1-11-13(3)18(21)14(4)12(2)17(11)19(5,6)15-7-9-16(20)10-8-15/h2*7-10,20-21H,1-6H3. The second kappa shape index (κ2) is 11.8. The van der Waals surface area contributed by atoms with Gasteiger partial charge in [-0.05, 0) is 134 Å². The Morgan fingerprint density at radius 3 is 1.07 bits per heavy atom. The third-order valence-corrected chi connectivity index (χ3v) is 9.22. The van der Waals surface area contributed by atoms with Crippen LogP contribution in [0.3, 0.4) is 0 Å². The second-order valence-electron chi connectivity index (χ2n) is 12.9. The normalized spacial score (nSPS) is 11.7. The second-order valence-corrected chi connectivity index (χ2v) is 12.9. The zero-order chi connectivity index (χ0) is 31.9. The Kier molecular flexibility index (Phi) is 9.12. The summed E-state index contributed by atoms with van der Waals surface area (Å²) in [7, 11) is 0. The topological polar surface area (TPSA) is 80.9 Å². The molecule has 0 aliphatic carbocycles. The number of benzene rings is 4. The molecule has 0 amide bonds. The average molecular weight is 569 g/mol. The molecule has 224 valence electrons. The fraction of sp³-hybridized carbons (Fsp3) is 0.368. The van der Waals surface area contributed by atoms with Crippen molar-refractivity contribution in [3.05, 3.63) is 115 Å². The Hall–Kier alpha value is -3.92. The van der Waals surface area contributed by atoms with Crippen LogP contribution in [0.2, 0.25) is 0 Å². The molecule has 4 N–H and O–H groups in total. The summed E-state index contributed by atoms with van der Waals surface area (Å²) in [6.45, 7) is 24.5. The minimum Gasteiger partial charge on any atom is -0.508 e. The highest BCUT2D eigenvalue weighted by Gasteiger charge is 2.29. The molecule has 0 heterocycles. The van der Waals surface area contributed by atoms with E-state index in [0.29, 0.717) is 17.2 Å². The fourth-order valence-corrected chi connectivity index (χ4v) is 6.05. The van der Waals surface area contributed by atoms with Crippen molar-refractivity contribution < 1.29 is 20.4 Å². The van der Waals surface area contributed by atoms with Crippen LogP contribution in [0, 0.1) is 55.4 Å². The number of phenolic OH excluding ortho intramolecular Hbond substituents is 4. The highest BCUT2D eigenvalue weighted by atomic mass is 16.3. The molecule has 4 aromatic carbocycles. The van der Waals surface area contributed by atoms with Gasteiger partial charge in [0.25, 0.3) is 0 Å². The van der Waals surface area contributed by atoms with Crippen LogP contribution in [-0.4, -0.2) is 20.4 Å². The summed E-state index contributed by atoms with van der Waals surface area (Å²) < 4.78 is 0. The third-order valence-electron chi connectivity index (χ3n) is 9.22. The first-order valence-electron chi connectivity index (χ1n) is 14.5. The Labute approximate surface area is 252 Å². The zero-order valence-electron chi connectivity index (χ0n) is 27.4. The van der Waals surface area contributed by atoms with E-state index in [-0.39, 0.29) is 16.6 Å². The van der Waals surface area contributed by atoms with Gasteiger partial charge < -0.3 is 20.4 Å². The van der Waals surface area contributed by atoms with Crippen LogP contribution in [0.5, 0.6) is 23.0 Å². The summed E-state index contributed by atoms with van der Waals surface area (Å²) in [5.41, 5.74) is 12.1. The molecule has 4 heteroatoms. The molecule has 0 spiro atoms. The predicted octanol–water partition coefficient (Wildman–Crippen LogP) is 9.31. The van der Waals surface area contributed by atoms with Gasteiger partial charge in [0.15, 0.2) is 0 Å². The fourth-order valence-electron chi connectivity index (χ4n) is 6.05. The molecule has 0 aliphatic heterocycles. The van der Waals surface area contributed by atoms with Gasteiger partial charge in [0.2, 0.25) is 0 Å². The molecule has 0 unspecified atom stereocenters. The maximum absolute atomic E-state index is 10.2. The molecule has 0 aromatic heterocycles. The molecular formula is C38H48O4. The molecule has 0 fully saturated rings. The van der Waals surface area contributed by atoms with Gasteiger partial charge in [-0.1, -0.05) is 64.1 Å². The molecule has 0 radical (unpaired) electrons. The Bertz CT molecular complexity index is 1490. The largest absolute Gasteiger partial charge is 0.508 e. The smallest absolute Gasteiger partial charge is 0.121 e. The first kappa shape index (κ1) is 32.6. The van der Waals surface area contributed by atoms with Crippen molar-refractivity contribution in [2.45, 2.75) is 93.9 Å². The number of aryl methyl sites for hydroxylation is 4. The van der Waals surface area contributed by atoms with Crippen molar-refractivity contribution in [1.29, 1.82) is 0 Å². The summed E-state index contributed by atoms with van der Waals surface area (Å²) >= 11 is 0. The van der Waals surface area contributed by atoms with Crippen LogP contribution < -0.4 is 0 Å². The van der Waals surface area contributed by atoms with Gasteiger partial charge in [-0.3, -0.25) is 0 Å². The van der Waals surface area contributed by atoms with Crippen molar-refractivity contribution >= 4 is 0 Å². The summed E-state index contributed by atoms with van der Waals surface area (Å²) in [5.74, 6) is 1.41. The van der Waals surface area contributed by atoms with Crippen molar-refractivity contribution in [1.82, 2.24) is 0 Å². The van der Waals surface area contributed by atoms with E-state index in [4.69, 9.17) is 0 Å². The van der Waals surface area contributed by atoms with E-state index in [1.165, 1.54) is 16.7 Å². The number of hydrogen-bond donors (Lipinski definition) is 4. The van der Waals surface area contributed by atoms with E-state index in [0.717, 1.165) is 50.1 Å². The highest BCUT2D eigenvalue weighted by Crippen LogP contribution is 2.42. The van der Waals surface area contributed by atoms with E-state index in [2.05, 4.69) is 41.5 Å². The molecule has 4 aromatic rings. The lowest BCUT2D eigenvalue weighted by Crippen LogP contribution is -2.23. The summed E-state index contributed by atoms with van der Waals surface area (Å²) in [4.78, 5) is 0. The monoisotopic (exact) mass is 568 g/mol. The highest BCUT2D eigenvalue weighted by molar-refractivity contribution is 5.58. The molecule has 0 saturated heterocycles. The van der Waals surface area contributed by atoms with Crippen molar-refractivity contribution in [2.24, 2.45) is 0 Å². The van der Waals surface area contributed by atoms with Crippen LogP contribution in [0.15, 0.2) is 48.5 Å². The van der Waals surface area contributed by atoms with E-state index in [1.54, 1.807) is 12.1 Å². The minimum atomic E-state index is -0.189. The molecule has 0 atom stereocenters. The Morgan fingerprint density at radius 2 is 0.738 bits per heavy atom. The predicted molar refractivity (Wildman–Crippen MR) is 175 cm³/mol. The van der Waals surface area contributed by atoms with E-state index < -0.39 is 0 Å². The minimum absolute atomic E-state index is 0.188. The van der Waals surface area contributed by atoms with E-state index in [9.17, 15) is 20.4 Å². The van der Waals surface area contributed by atoms with Crippen LogP contribution in [-0.2, 0) is 10.8 Å². The Balaban J connectivity index is 0.000000230. The molecule has 0 aliphatic rings. The Morgan fingerprint density at radius 1 is 0.405 bits per heavy atom.